The van der Waals surface area contributed by atoms with Gasteiger partial charge in [0.05, 0.1) is 6.54 Å². The monoisotopic (exact) mass is 276 g/mol. The quantitative estimate of drug-likeness (QED) is 0.826. The molecule has 6 heteroatoms. The zero-order valence-corrected chi connectivity index (χ0v) is 10.3. The van der Waals surface area contributed by atoms with Crippen molar-refractivity contribution in [3.8, 4) is 0 Å². The lowest BCUT2D eigenvalue weighted by Crippen LogP contribution is -2.40. The molecule has 0 fully saturated rings. The molecule has 2 nitrogen and oxygen atoms in total. The van der Waals surface area contributed by atoms with Crippen molar-refractivity contribution in [3.63, 3.8) is 0 Å². The molecule has 1 heterocycles. The van der Waals surface area contributed by atoms with Crippen LogP contribution in [0.2, 0.25) is 0 Å². The highest BCUT2D eigenvalue weighted by atomic mass is 19.3. The van der Waals surface area contributed by atoms with Crippen molar-refractivity contribution in [2.45, 2.75) is 31.4 Å². The summed E-state index contributed by atoms with van der Waals surface area (Å²) in [4.78, 5) is 0. The molecule has 2 N–H and O–H groups in total. The first-order chi connectivity index (χ1) is 9.00. The minimum atomic E-state index is -3.99. The van der Waals surface area contributed by atoms with Crippen LogP contribution in [0.3, 0.4) is 0 Å². The molecule has 106 valence electrons. The molecule has 1 aliphatic heterocycles. The molecule has 0 spiro atoms. The molecule has 1 aliphatic rings. The van der Waals surface area contributed by atoms with Crippen molar-refractivity contribution in [1.29, 1.82) is 0 Å². The van der Waals surface area contributed by atoms with Crippen molar-refractivity contribution >= 4 is 0 Å². The Morgan fingerprint density at radius 1 is 1.32 bits per heavy atom. The van der Waals surface area contributed by atoms with Crippen molar-refractivity contribution in [3.05, 3.63) is 35.4 Å². The van der Waals surface area contributed by atoms with Crippen LogP contribution in [0.15, 0.2) is 24.3 Å². The fourth-order valence-corrected chi connectivity index (χ4v) is 2.21. The fourth-order valence-electron chi connectivity index (χ4n) is 2.21. The first-order valence-corrected chi connectivity index (χ1v) is 6.18. The molecule has 0 aromatic heterocycles. The van der Waals surface area contributed by atoms with Crippen LogP contribution in [0.1, 0.15) is 23.6 Å². The van der Waals surface area contributed by atoms with Gasteiger partial charge in [-0.05, 0) is 24.1 Å². The molecule has 1 unspecified atom stereocenters. The average Bonchev–Trinajstić information content (AvgIpc) is 2.58. The zero-order valence-electron chi connectivity index (χ0n) is 10.3. The minimum absolute atomic E-state index is 0.323. The Kier molecular flexibility index (Phi) is 4.42. The third-order valence-corrected chi connectivity index (χ3v) is 3.26. The fraction of sp³-hybridized carbons (Fsp3) is 0.538. The van der Waals surface area contributed by atoms with Crippen LogP contribution < -0.4 is 10.6 Å². The van der Waals surface area contributed by atoms with Gasteiger partial charge in [0.2, 0.25) is 0 Å². The molecular weight excluding hydrogens is 260 g/mol. The Labute approximate surface area is 109 Å². The van der Waals surface area contributed by atoms with E-state index in [1.54, 1.807) is 0 Å². The van der Waals surface area contributed by atoms with Gasteiger partial charge in [0.25, 0.3) is 0 Å². The number of rotatable bonds is 4. The van der Waals surface area contributed by atoms with Crippen LogP contribution in [-0.2, 0) is 6.54 Å². The summed E-state index contributed by atoms with van der Waals surface area (Å²) >= 11 is 0. The molecule has 1 atom stereocenters. The van der Waals surface area contributed by atoms with Gasteiger partial charge in [-0.15, -0.1) is 0 Å². The van der Waals surface area contributed by atoms with Crippen LogP contribution in [0.25, 0.3) is 0 Å². The normalized spacial score (nSPS) is 20.2. The van der Waals surface area contributed by atoms with Gasteiger partial charge in [-0.2, -0.15) is 8.78 Å². The second kappa shape index (κ2) is 5.88. The largest absolute Gasteiger partial charge is 0.319 e. The summed E-state index contributed by atoms with van der Waals surface area (Å²) in [5, 5.41) is 5.75. The van der Waals surface area contributed by atoms with Crippen LogP contribution in [0.4, 0.5) is 17.6 Å². The first-order valence-electron chi connectivity index (χ1n) is 6.18. The lowest BCUT2D eigenvalue weighted by atomic mass is 9.99. The van der Waals surface area contributed by atoms with Crippen molar-refractivity contribution in [2.24, 2.45) is 0 Å². The topological polar surface area (TPSA) is 24.1 Å². The van der Waals surface area contributed by atoms with Gasteiger partial charge in [0.15, 0.2) is 0 Å². The lowest BCUT2D eigenvalue weighted by Gasteiger charge is -2.22. The maximum absolute atomic E-state index is 13.0. The molecule has 0 aliphatic carbocycles. The summed E-state index contributed by atoms with van der Waals surface area (Å²) in [5.74, 6) is -3.99. The second-order valence-corrected chi connectivity index (χ2v) is 4.66. The van der Waals surface area contributed by atoms with E-state index >= 15 is 0 Å². The molecule has 2 rings (SSSR count). The Balaban J connectivity index is 2.08. The van der Waals surface area contributed by atoms with Crippen LogP contribution in [0.5, 0.6) is 0 Å². The van der Waals surface area contributed by atoms with E-state index in [4.69, 9.17) is 0 Å². The number of hydrogen-bond donors (Lipinski definition) is 2. The van der Waals surface area contributed by atoms with E-state index in [0.717, 1.165) is 11.1 Å². The van der Waals surface area contributed by atoms with Crippen LogP contribution in [0, 0.1) is 0 Å². The number of halogens is 4. The SMILES string of the molecule is FC(F)C(F)(F)CNC1CCNCc2ccccc21. The van der Waals surface area contributed by atoms with E-state index in [1.807, 2.05) is 24.3 Å². The van der Waals surface area contributed by atoms with Gasteiger partial charge in [-0.25, -0.2) is 8.78 Å². The highest BCUT2D eigenvalue weighted by Gasteiger charge is 2.40. The van der Waals surface area contributed by atoms with Crippen molar-refractivity contribution in [2.75, 3.05) is 13.1 Å². The molecule has 0 saturated heterocycles. The summed E-state index contributed by atoms with van der Waals surface area (Å²) in [6.45, 7) is 0.315. The predicted molar refractivity (Wildman–Crippen MR) is 64.5 cm³/mol. The maximum atomic E-state index is 13.0. The van der Waals surface area contributed by atoms with E-state index in [-0.39, 0.29) is 6.04 Å². The van der Waals surface area contributed by atoms with Crippen molar-refractivity contribution < 1.29 is 17.6 Å². The van der Waals surface area contributed by atoms with Gasteiger partial charge < -0.3 is 10.6 Å². The summed E-state index contributed by atoms with van der Waals surface area (Å²) in [6.07, 6.45) is -3.05. The Morgan fingerprint density at radius 2 is 2.05 bits per heavy atom. The Bertz CT molecular complexity index is 423. The average molecular weight is 276 g/mol. The summed E-state index contributed by atoms with van der Waals surface area (Å²) in [5.41, 5.74) is 1.91. The Hall–Kier alpha value is -1.14. The Morgan fingerprint density at radius 3 is 2.79 bits per heavy atom. The molecule has 1 aromatic carbocycles. The van der Waals surface area contributed by atoms with Gasteiger partial charge >= 0.3 is 12.3 Å². The predicted octanol–water partition coefficient (Wildman–Crippen LogP) is 2.71. The van der Waals surface area contributed by atoms with E-state index in [1.165, 1.54) is 0 Å². The maximum Gasteiger partial charge on any atom is 0.319 e. The number of benzene rings is 1. The summed E-state index contributed by atoms with van der Waals surface area (Å²) in [6, 6.07) is 7.13. The van der Waals surface area contributed by atoms with E-state index in [2.05, 4.69) is 10.6 Å². The smallest absolute Gasteiger partial charge is 0.313 e. The van der Waals surface area contributed by atoms with Gasteiger partial charge in [-0.1, -0.05) is 24.3 Å². The number of hydrogen-bond acceptors (Lipinski definition) is 2. The number of nitrogens with one attached hydrogen (secondary N) is 2. The van der Waals surface area contributed by atoms with E-state index < -0.39 is 18.9 Å². The standard InChI is InChI=1S/C13H16F4N2/c14-12(15)13(16,17)8-19-11-5-6-18-7-9-3-1-2-4-10(9)11/h1-4,11-12,18-19H,5-8H2. The molecule has 0 radical (unpaired) electrons. The van der Waals surface area contributed by atoms with Gasteiger partial charge in [0.1, 0.15) is 0 Å². The third-order valence-electron chi connectivity index (χ3n) is 3.26. The zero-order chi connectivity index (χ0) is 13.9. The molecule has 0 bridgehead atoms. The molecule has 1 aromatic rings. The van der Waals surface area contributed by atoms with Crippen molar-refractivity contribution in [1.82, 2.24) is 10.6 Å². The van der Waals surface area contributed by atoms with Gasteiger partial charge in [0, 0.05) is 12.6 Å². The van der Waals surface area contributed by atoms with E-state index in [0.29, 0.717) is 19.5 Å². The number of alkyl halides is 4. The minimum Gasteiger partial charge on any atom is -0.313 e. The third kappa shape index (κ3) is 3.45. The molecule has 19 heavy (non-hydrogen) atoms. The molecular formula is C13H16F4N2. The molecule has 0 saturated carbocycles. The van der Waals surface area contributed by atoms with Gasteiger partial charge in [-0.3, -0.25) is 0 Å². The summed E-state index contributed by atoms with van der Waals surface area (Å²) in [7, 11) is 0. The van der Waals surface area contributed by atoms with E-state index in [9.17, 15) is 17.6 Å². The summed E-state index contributed by atoms with van der Waals surface area (Å²) < 4.78 is 50.2. The molecule has 0 amide bonds. The second-order valence-electron chi connectivity index (χ2n) is 4.66. The van der Waals surface area contributed by atoms with Crippen LogP contribution >= 0.6 is 0 Å². The highest BCUT2D eigenvalue weighted by Crippen LogP contribution is 2.26. The number of fused-ring (bicyclic) bond motifs is 1. The highest BCUT2D eigenvalue weighted by molar-refractivity contribution is 5.31. The lowest BCUT2D eigenvalue weighted by molar-refractivity contribution is -0.126. The first kappa shape index (κ1) is 14.3. The van der Waals surface area contributed by atoms with Crippen LogP contribution in [-0.4, -0.2) is 25.4 Å².